The maximum atomic E-state index is 15.3. The largest absolute Gasteiger partial charge is 0.459 e. The van der Waals surface area contributed by atoms with Gasteiger partial charge in [-0.05, 0) is 64.6 Å². The lowest BCUT2D eigenvalue weighted by atomic mass is 9.95. The van der Waals surface area contributed by atoms with Gasteiger partial charge in [0.2, 0.25) is 0 Å². The third-order valence-electron chi connectivity index (χ3n) is 7.43. The molecule has 0 N–H and O–H groups in total. The quantitative estimate of drug-likeness (QED) is 0.105. The molecule has 0 unspecified atom stereocenters. The maximum Gasteiger partial charge on any atom is 0.431 e. The summed E-state index contributed by atoms with van der Waals surface area (Å²) in [4.78, 5) is 0. The fourth-order valence-electron chi connectivity index (χ4n) is 5.17. The first kappa shape index (κ1) is 37.2. The minimum Gasteiger partial charge on any atom is -0.459 e. The Hall–Kier alpha value is -5.04. The Labute approximate surface area is 288 Å². The normalized spacial score (nSPS) is 12.1. The number of benzene rings is 5. The van der Waals surface area contributed by atoms with Crippen LogP contribution >= 0.6 is 11.6 Å². The summed E-state index contributed by atoms with van der Waals surface area (Å²) in [6.45, 7) is 2.04. The van der Waals surface area contributed by atoms with Gasteiger partial charge in [-0.25, -0.2) is 26.3 Å². The molecule has 5 rings (SSSR count). The van der Waals surface area contributed by atoms with Crippen molar-refractivity contribution >= 4 is 11.6 Å². The van der Waals surface area contributed by atoms with Crippen molar-refractivity contribution in [3.05, 3.63) is 142 Å². The first-order chi connectivity index (χ1) is 24.0. The summed E-state index contributed by atoms with van der Waals surface area (Å²) in [7, 11) is 0. The van der Waals surface area contributed by atoms with Crippen molar-refractivity contribution in [2.24, 2.45) is 0 Å². The molecule has 5 aromatic carbocycles. The number of alkyl halides is 5. The Bertz CT molecular complexity index is 2040. The summed E-state index contributed by atoms with van der Waals surface area (Å²) in [5, 5.41) is -1.11. The van der Waals surface area contributed by atoms with Crippen LogP contribution in [0.5, 0.6) is 11.5 Å². The number of allylic oxidation sites excluding steroid dienone is 1. The van der Waals surface area contributed by atoms with Gasteiger partial charge in [-0.15, -0.1) is 0 Å². The summed E-state index contributed by atoms with van der Waals surface area (Å²) < 4.78 is 165. The molecule has 0 aliphatic heterocycles. The van der Waals surface area contributed by atoms with Crippen molar-refractivity contribution < 1.29 is 57.8 Å². The zero-order chi connectivity index (χ0) is 37.2. The van der Waals surface area contributed by atoms with E-state index in [2.05, 4.69) is 9.47 Å². The molecule has 0 bridgehead atoms. The highest BCUT2D eigenvalue weighted by Crippen LogP contribution is 2.42. The van der Waals surface area contributed by atoms with Crippen LogP contribution in [0.4, 0.5) is 48.3 Å². The summed E-state index contributed by atoms with van der Waals surface area (Å²) in [6, 6.07) is 14.2. The molecule has 0 aromatic heterocycles. The number of aryl methyl sites for hydroxylation is 1. The Morgan fingerprint density at radius 2 is 1.20 bits per heavy atom. The monoisotopic (exact) mass is 742 g/mol. The molecule has 266 valence electrons. The molecule has 0 saturated carbocycles. The number of halogens is 12. The molecule has 0 aliphatic rings. The average Bonchev–Trinajstić information content (AvgIpc) is 3.01. The molecule has 0 spiro atoms. The predicted octanol–water partition coefficient (Wildman–Crippen LogP) is 12.7. The molecule has 0 radical (unpaired) electrons. The Kier molecular flexibility index (Phi) is 10.7. The molecular formula is C37H22ClF11O2. The van der Waals surface area contributed by atoms with Crippen molar-refractivity contribution in [1.82, 2.24) is 0 Å². The highest BCUT2D eigenvalue weighted by molar-refractivity contribution is 6.31. The van der Waals surface area contributed by atoms with Gasteiger partial charge in [0, 0.05) is 17.7 Å². The van der Waals surface area contributed by atoms with Gasteiger partial charge in [-0.1, -0.05) is 61.3 Å². The molecule has 0 heterocycles. The molecule has 5 aromatic rings. The molecule has 0 amide bonds. The highest BCUT2D eigenvalue weighted by Gasteiger charge is 2.41. The van der Waals surface area contributed by atoms with Gasteiger partial charge in [-0.3, -0.25) is 0 Å². The molecule has 51 heavy (non-hydrogen) atoms. The van der Waals surface area contributed by atoms with Crippen LogP contribution in [0.25, 0.3) is 33.4 Å². The number of ether oxygens (including phenoxy) is 2. The fourth-order valence-corrected chi connectivity index (χ4v) is 5.49. The minimum atomic E-state index is -4.88. The van der Waals surface area contributed by atoms with E-state index in [1.807, 2.05) is 31.2 Å². The van der Waals surface area contributed by atoms with Crippen LogP contribution in [0.3, 0.4) is 0 Å². The van der Waals surface area contributed by atoms with E-state index >= 15 is 26.3 Å². The highest BCUT2D eigenvalue weighted by atomic mass is 35.5. The predicted molar refractivity (Wildman–Crippen MR) is 168 cm³/mol. The summed E-state index contributed by atoms with van der Waals surface area (Å²) in [6.07, 6.45) is -8.38. The minimum absolute atomic E-state index is 0.0871. The third kappa shape index (κ3) is 8.47. The van der Waals surface area contributed by atoms with Crippen molar-refractivity contribution in [1.29, 1.82) is 0 Å². The van der Waals surface area contributed by atoms with Gasteiger partial charge in [0.05, 0.1) is 22.9 Å². The van der Waals surface area contributed by atoms with Crippen LogP contribution in [0.15, 0.2) is 91.2 Å². The van der Waals surface area contributed by atoms with Gasteiger partial charge in [0.25, 0.3) is 0 Å². The molecular weight excluding hydrogens is 721 g/mol. The topological polar surface area (TPSA) is 18.5 Å². The van der Waals surface area contributed by atoms with Gasteiger partial charge in [0.15, 0.2) is 17.4 Å². The van der Waals surface area contributed by atoms with Gasteiger partial charge in [-0.2, -0.15) is 22.0 Å². The van der Waals surface area contributed by atoms with Gasteiger partial charge < -0.3 is 9.47 Å². The summed E-state index contributed by atoms with van der Waals surface area (Å²) >= 11 is 5.90. The smallest absolute Gasteiger partial charge is 0.431 e. The standard InChI is InChI=1S/C37H22ClF11O2/c1-2-3-19-4-6-20(7-5-19)21-8-9-25(27(39)13-21)22-14-28(40)33(29(41)15-22)23-12-26(38)34(30(42)16-23)37(48,49)51-24-17-31(43)35(32(44)18-24)50-11-10-36(45,46)47/h4-18H,2-3H2,1H3/b11-10+. The van der Waals surface area contributed by atoms with E-state index in [0.29, 0.717) is 23.3 Å². The van der Waals surface area contributed by atoms with E-state index in [1.165, 1.54) is 12.1 Å². The number of hydrogen-bond donors (Lipinski definition) is 0. The average molecular weight is 743 g/mol. The van der Waals surface area contributed by atoms with Crippen LogP contribution < -0.4 is 9.47 Å². The van der Waals surface area contributed by atoms with E-state index in [-0.39, 0.29) is 29.5 Å². The van der Waals surface area contributed by atoms with Crippen molar-refractivity contribution in [2.75, 3.05) is 0 Å². The molecule has 2 nitrogen and oxygen atoms in total. The molecule has 0 fully saturated rings. The Balaban J connectivity index is 1.40. The van der Waals surface area contributed by atoms with E-state index in [4.69, 9.17) is 11.6 Å². The van der Waals surface area contributed by atoms with E-state index in [1.54, 1.807) is 6.07 Å². The SMILES string of the molecule is CCCc1ccc(-c2ccc(-c3cc(F)c(-c4cc(F)c(C(F)(F)Oc5cc(F)c(O/C=C/C(F)(F)F)c(F)c5)c(Cl)c4)c(F)c3)c(F)c2)cc1. The second kappa shape index (κ2) is 14.7. The second-order valence-electron chi connectivity index (χ2n) is 11.1. The van der Waals surface area contributed by atoms with Gasteiger partial charge in [0.1, 0.15) is 34.6 Å². The van der Waals surface area contributed by atoms with E-state index in [0.717, 1.165) is 30.5 Å². The lowest BCUT2D eigenvalue weighted by Crippen LogP contribution is -2.24. The molecule has 14 heteroatoms. The number of rotatable bonds is 10. The molecule has 0 aliphatic carbocycles. The maximum absolute atomic E-state index is 15.3. The third-order valence-corrected chi connectivity index (χ3v) is 7.73. The van der Waals surface area contributed by atoms with Crippen LogP contribution in [0.2, 0.25) is 5.02 Å². The zero-order valence-electron chi connectivity index (χ0n) is 25.9. The van der Waals surface area contributed by atoms with Crippen LogP contribution in [-0.2, 0) is 12.5 Å². The molecule has 0 atom stereocenters. The lowest BCUT2D eigenvalue weighted by molar-refractivity contribution is -0.187. The Morgan fingerprint density at radius 1 is 0.627 bits per heavy atom. The van der Waals surface area contributed by atoms with E-state index < -0.39 is 86.5 Å². The first-order valence-corrected chi connectivity index (χ1v) is 15.2. The number of hydrogen-bond acceptors (Lipinski definition) is 2. The lowest BCUT2D eigenvalue weighted by Gasteiger charge is -2.21. The Morgan fingerprint density at radius 3 is 1.75 bits per heavy atom. The van der Waals surface area contributed by atoms with Crippen molar-refractivity contribution in [3.63, 3.8) is 0 Å². The zero-order valence-corrected chi connectivity index (χ0v) is 26.7. The van der Waals surface area contributed by atoms with Crippen molar-refractivity contribution in [3.8, 4) is 44.9 Å². The fraction of sp³-hybridized carbons (Fsp3) is 0.135. The first-order valence-electron chi connectivity index (χ1n) is 14.8. The molecule has 0 saturated heterocycles. The van der Waals surface area contributed by atoms with Crippen LogP contribution in [-0.4, -0.2) is 6.18 Å². The summed E-state index contributed by atoms with van der Waals surface area (Å²) in [5.74, 6) is -11.4. The van der Waals surface area contributed by atoms with Crippen molar-refractivity contribution in [2.45, 2.75) is 32.1 Å². The van der Waals surface area contributed by atoms with Crippen LogP contribution in [0, 0.1) is 34.9 Å². The second-order valence-corrected chi connectivity index (χ2v) is 11.5. The van der Waals surface area contributed by atoms with Gasteiger partial charge >= 0.3 is 12.3 Å². The van der Waals surface area contributed by atoms with Crippen LogP contribution in [0.1, 0.15) is 24.5 Å². The van der Waals surface area contributed by atoms with E-state index in [9.17, 15) is 22.0 Å². The summed E-state index contributed by atoms with van der Waals surface area (Å²) in [5.41, 5.74) is -1.24.